The van der Waals surface area contributed by atoms with Crippen molar-refractivity contribution in [3.05, 3.63) is 0 Å². The van der Waals surface area contributed by atoms with Crippen LogP contribution in [0.25, 0.3) is 0 Å². The molecule has 1 heteroatoms. The monoisotopic (exact) mass is 255 g/mol. The zero-order valence-corrected chi connectivity index (χ0v) is 13.4. The summed E-state index contributed by atoms with van der Waals surface area (Å²) in [4.78, 5) is 0. The fraction of sp³-hybridized carbons (Fsp3) is 1.00. The van der Waals surface area contributed by atoms with Gasteiger partial charge in [0.1, 0.15) is 0 Å². The average molecular weight is 255 g/mol. The fourth-order valence-corrected chi connectivity index (χ4v) is 2.50. The molecule has 0 amide bonds. The lowest BCUT2D eigenvalue weighted by atomic mass is 9.87. The van der Waals surface area contributed by atoms with Crippen LogP contribution in [0.3, 0.4) is 0 Å². The molecule has 2 N–H and O–H groups in total. The van der Waals surface area contributed by atoms with Gasteiger partial charge in [-0.3, -0.25) is 0 Å². The largest absolute Gasteiger partial charge is 0.330 e. The molecule has 0 fully saturated rings. The third-order valence-electron chi connectivity index (χ3n) is 3.87. The Hall–Kier alpha value is -0.0400. The van der Waals surface area contributed by atoms with Gasteiger partial charge < -0.3 is 5.73 Å². The zero-order valence-electron chi connectivity index (χ0n) is 13.4. The SMILES string of the molecule is CC(C)CCC(CCCCCCN)CCC(C)C. The highest BCUT2D eigenvalue weighted by molar-refractivity contribution is 4.63. The van der Waals surface area contributed by atoms with Crippen molar-refractivity contribution in [3.8, 4) is 0 Å². The van der Waals surface area contributed by atoms with Gasteiger partial charge in [0, 0.05) is 0 Å². The summed E-state index contributed by atoms with van der Waals surface area (Å²) in [5.41, 5.74) is 5.53. The first-order chi connectivity index (χ1) is 8.56. The molecule has 0 aromatic heterocycles. The lowest BCUT2D eigenvalue weighted by Gasteiger charge is -2.19. The number of unbranched alkanes of at least 4 members (excludes halogenated alkanes) is 3. The van der Waals surface area contributed by atoms with Crippen LogP contribution in [0.15, 0.2) is 0 Å². The minimum Gasteiger partial charge on any atom is -0.330 e. The van der Waals surface area contributed by atoms with E-state index in [1.165, 1.54) is 57.8 Å². The molecule has 0 aliphatic heterocycles. The van der Waals surface area contributed by atoms with Crippen molar-refractivity contribution in [1.29, 1.82) is 0 Å². The van der Waals surface area contributed by atoms with Crippen LogP contribution in [-0.2, 0) is 0 Å². The van der Waals surface area contributed by atoms with Gasteiger partial charge in [0.15, 0.2) is 0 Å². The van der Waals surface area contributed by atoms with Crippen LogP contribution in [0.2, 0.25) is 0 Å². The van der Waals surface area contributed by atoms with Crippen molar-refractivity contribution in [3.63, 3.8) is 0 Å². The van der Waals surface area contributed by atoms with E-state index in [2.05, 4.69) is 27.7 Å². The fourth-order valence-electron chi connectivity index (χ4n) is 2.50. The molecular formula is C17H37N. The highest BCUT2D eigenvalue weighted by Crippen LogP contribution is 2.25. The maximum atomic E-state index is 5.53. The maximum Gasteiger partial charge on any atom is -0.00773 e. The first-order valence-corrected chi connectivity index (χ1v) is 8.26. The average Bonchev–Trinajstić information content (AvgIpc) is 2.30. The third-order valence-corrected chi connectivity index (χ3v) is 3.87. The summed E-state index contributed by atoms with van der Waals surface area (Å²) in [6, 6.07) is 0. The van der Waals surface area contributed by atoms with Crippen LogP contribution in [0.4, 0.5) is 0 Å². The van der Waals surface area contributed by atoms with Gasteiger partial charge in [-0.05, 0) is 30.7 Å². The zero-order chi connectivity index (χ0) is 13.8. The lowest BCUT2D eigenvalue weighted by Crippen LogP contribution is -2.05. The molecule has 0 bridgehead atoms. The molecule has 0 heterocycles. The summed E-state index contributed by atoms with van der Waals surface area (Å²) in [5.74, 6) is 2.71. The summed E-state index contributed by atoms with van der Waals surface area (Å²) in [6.45, 7) is 10.3. The number of hydrogen-bond acceptors (Lipinski definition) is 1. The molecule has 0 unspecified atom stereocenters. The summed E-state index contributed by atoms with van der Waals surface area (Å²) in [6.07, 6.45) is 12.5. The van der Waals surface area contributed by atoms with E-state index in [0.717, 1.165) is 24.3 Å². The third kappa shape index (κ3) is 12.4. The van der Waals surface area contributed by atoms with E-state index in [0.29, 0.717) is 0 Å². The Balaban J connectivity index is 3.74. The molecule has 110 valence electrons. The highest BCUT2D eigenvalue weighted by atomic mass is 14.5. The predicted octanol–water partition coefficient (Wildman–Crippen LogP) is 5.38. The Morgan fingerprint density at radius 3 is 1.56 bits per heavy atom. The molecule has 18 heavy (non-hydrogen) atoms. The molecule has 0 aliphatic rings. The summed E-state index contributed by atoms with van der Waals surface area (Å²) in [7, 11) is 0. The number of nitrogens with two attached hydrogens (primary N) is 1. The van der Waals surface area contributed by atoms with Crippen molar-refractivity contribution in [2.45, 2.75) is 85.5 Å². The van der Waals surface area contributed by atoms with Crippen LogP contribution in [0.1, 0.15) is 85.5 Å². The number of hydrogen-bond donors (Lipinski definition) is 1. The van der Waals surface area contributed by atoms with Crippen molar-refractivity contribution in [1.82, 2.24) is 0 Å². The van der Waals surface area contributed by atoms with Crippen LogP contribution >= 0.6 is 0 Å². The first kappa shape index (κ1) is 18.0. The summed E-state index contributed by atoms with van der Waals surface area (Å²) in [5, 5.41) is 0. The smallest absolute Gasteiger partial charge is 0.00773 e. The lowest BCUT2D eigenvalue weighted by molar-refractivity contribution is 0.340. The second kappa shape index (κ2) is 12.0. The van der Waals surface area contributed by atoms with Gasteiger partial charge in [0.25, 0.3) is 0 Å². The molecule has 0 spiro atoms. The van der Waals surface area contributed by atoms with Crippen LogP contribution in [0, 0.1) is 17.8 Å². The minimum absolute atomic E-state index is 0.865. The molecule has 0 aliphatic carbocycles. The van der Waals surface area contributed by atoms with Crippen molar-refractivity contribution in [2.75, 3.05) is 6.54 Å². The molecule has 0 atom stereocenters. The van der Waals surface area contributed by atoms with Gasteiger partial charge in [-0.25, -0.2) is 0 Å². The van der Waals surface area contributed by atoms with Crippen LogP contribution in [-0.4, -0.2) is 6.54 Å². The Morgan fingerprint density at radius 2 is 1.11 bits per heavy atom. The molecule has 1 nitrogen and oxygen atoms in total. The summed E-state index contributed by atoms with van der Waals surface area (Å²) < 4.78 is 0. The minimum atomic E-state index is 0.865. The van der Waals surface area contributed by atoms with E-state index >= 15 is 0 Å². The van der Waals surface area contributed by atoms with Gasteiger partial charge in [-0.1, -0.05) is 79.1 Å². The maximum absolute atomic E-state index is 5.53. The second-order valence-electron chi connectivity index (χ2n) is 6.80. The Kier molecular flexibility index (Phi) is 12.0. The topological polar surface area (TPSA) is 26.0 Å². The van der Waals surface area contributed by atoms with E-state index in [1.54, 1.807) is 0 Å². The standard InChI is InChI=1S/C17H37N/c1-15(2)10-12-17(13-11-16(3)4)9-7-5-6-8-14-18/h15-17H,5-14,18H2,1-4H3. The molecular weight excluding hydrogens is 218 g/mol. The van der Waals surface area contributed by atoms with Gasteiger partial charge in [0.05, 0.1) is 0 Å². The van der Waals surface area contributed by atoms with Gasteiger partial charge >= 0.3 is 0 Å². The van der Waals surface area contributed by atoms with E-state index < -0.39 is 0 Å². The van der Waals surface area contributed by atoms with Crippen molar-refractivity contribution in [2.24, 2.45) is 23.5 Å². The van der Waals surface area contributed by atoms with E-state index in [1.807, 2.05) is 0 Å². The van der Waals surface area contributed by atoms with Crippen molar-refractivity contribution < 1.29 is 0 Å². The first-order valence-electron chi connectivity index (χ1n) is 8.26. The van der Waals surface area contributed by atoms with Crippen LogP contribution in [0.5, 0.6) is 0 Å². The quantitative estimate of drug-likeness (QED) is 0.465. The van der Waals surface area contributed by atoms with E-state index in [9.17, 15) is 0 Å². The Morgan fingerprint density at radius 1 is 0.611 bits per heavy atom. The van der Waals surface area contributed by atoms with E-state index in [4.69, 9.17) is 5.73 Å². The molecule has 0 aromatic rings. The molecule has 0 rings (SSSR count). The highest BCUT2D eigenvalue weighted by Gasteiger charge is 2.10. The summed E-state index contributed by atoms with van der Waals surface area (Å²) >= 11 is 0. The molecule has 0 saturated heterocycles. The normalized spacial score (nSPS) is 12.0. The second-order valence-corrected chi connectivity index (χ2v) is 6.80. The van der Waals surface area contributed by atoms with Gasteiger partial charge in [-0.2, -0.15) is 0 Å². The van der Waals surface area contributed by atoms with E-state index in [-0.39, 0.29) is 0 Å². The molecule has 0 radical (unpaired) electrons. The Bertz CT molecular complexity index is 151. The van der Waals surface area contributed by atoms with Crippen LogP contribution < -0.4 is 5.73 Å². The Labute approximate surface area is 116 Å². The van der Waals surface area contributed by atoms with Gasteiger partial charge in [-0.15, -0.1) is 0 Å². The predicted molar refractivity (Wildman–Crippen MR) is 83.8 cm³/mol. The number of rotatable bonds is 12. The molecule has 0 aromatic carbocycles. The van der Waals surface area contributed by atoms with Gasteiger partial charge in [0.2, 0.25) is 0 Å². The van der Waals surface area contributed by atoms with Crippen molar-refractivity contribution >= 4 is 0 Å². The molecule has 0 saturated carbocycles.